The number of amides is 2. The van der Waals surface area contributed by atoms with Gasteiger partial charge in [-0.05, 0) is 32.1 Å². The number of esters is 1. The Bertz CT molecular complexity index is 443. The molecule has 2 saturated heterocycles. The summed E-state index contributed by atoms with van der Waals surface area (Å²) in [6, 6.07) is -0.147. The van der Waals surface area contributed by atoms with E-state index >= 15 is 0 Å². The van der Waals surface area contributed by atoms with Crippen LogP contribution in [0, 0.1) is 5.92 Å². The zero-order chi connectivity index (χ0) is 17.7. The minimum Gasteiger partial charge on any atom is -0.467 e. The second-order valence-corrected chi connectivity index (χ2v) is 7.10. The molecule has 0 aromatic carbocycles. The first-order chi connectivity index (χ1) is 11.4. The Labute approximate surface area is 144 Å². The summed E-state index contributed by atoms with van der Waals surface area (Å²) >= 11 is 0. The lowest BCUT2D eigenvalue weighted by atomic mass is 9.95. The number of nitrogens with one attached hydrogen (secondary N) is 1. The fourth-order valence-corrected chi connectivity index (χ4v) is 3.33. The Hall–Kier alpha value is -1.34. The molecule has 0 saturated carbocycles. The molecular formula is C17H30N2O5. The Morgan fingerprint density at radius 3 is 2.75 bits per heavy atom. The minimum absolute atomic E-state index is 0.0170. The van der Waals surface area contributed by atoms with E-state index in [-0.39, 0.29) is 30.8 Å². The van der Waals surface area contributed by atoms with Gasteiger partial charge < -0.3 is 24.4 Å². The Morgan fingerprint density at radius 1 is 1.33 bits per heavy atom. The average Bonchev–Trinajstić information content (AvgIpc) is 2.54. The summed E-state index contributed by atoms with van der Waals surface area (Å²) in [6.45, 7) is 7.58. The second kappa shape index (κ2) is 8.67. The largest absolute Gasteiger partial charge is 0.467 e. The van der Waals surface area contributed by atoms with Gasteiger partial charge in [-0.2, -0.15) is 0 Å². The third-order valence-electron chi connectivity index (χ3n) is 4.46. The normalized spacial score (nSPS) is 31.0. The van der Waals surface area contributed by atoms with Gasteiger partial charge in [0, 0.05) is 13.2 Å². The number of hydrogen-bond acceptors (Lipinski definition) is 5. The first kappa shape index (κ1) is 19.0. The summed E-state index contributed by atoms with van der Waals surface area (Å²) in [5, 5.41) is 3.10. The summed E-state index contributed by atoms with van der Waals surface area (Å²) < 4.78 is 16.2. The molecule has 2 heterocycles. The Balaban J connectivity index is 1.95. The molecule has 7 heteroatoms. The molecule has 138 valence electrons. The molecule has 0 bridgehead atoms. The number of methoxy groups -OCH3 is 1. The van der Waals surface area contributed by atoms with Crippen molar-refractivity contribution in [3.8, 4) is 0 Å². The van der Waals surface area contributed by atoms with Gasteiger partial charge in [-0.1, -0.05) is 13.8 Å². The Kier molecular flexibility index (Phi) is 6.86. The van der Waals surface area contributed by atoms with Gasteiger partial charge in [-0.3, -0.25) is 0 Å². The van der Waals surface area contributed by atoms with Gasteiger partial charge in [0.1, 0.15) is 0 Å². The highest BCUT2D eigenvalue weighted by Gasteiger charge is 2.35. The maximum absolute atomic E-state index is 12.7. The van der Waals surface area contributed by atoms with E-state index in [1.807, 2.05) is 6.92 Å². The van der Waals surface area contributed by atoms with Crippen LogP contribution in [0.3, 0.4) is 0 Å². The fraction of sp³-hybridized carbons (Fsp3) is 0.882. The van der Waals surface area contributed by atoms with Crippen LogP contribution < -0.4 is 5.32 Å². The van der Waals surface area contributed by atoms with Crippen molar-refractivity contribution in [3.05, 3.63) is 0 Å². The lowest BCUT2D eigenvalue weighted by molar-refractivity contribution is -0.164. The molecule has 4 atom stereocenters. The van der Waals surface area contributed by atoms with Crippen LogP contribution in [0.5, 0.6) is 0 Å². The average molecular weight is 342 g/mol. The maximum atomic E-state index is 12.7. The van der Waals surface area contributed by atoms with Crippen LogP contribution in [0.2, 0.25) is 0 Å². The maximum Gasteiger partial charge on any atom is 0.336 e. The van der Waals surface area contributed by atoms with E-state index in [9.17, 15) is 9.59 Å². The molecular weight excluding hydrogens is 312 g/mol. The highest BCUT2D eigenvalue weighted by Crippen LogP contribution is 2.21. The van der Waals surface area contributed by atoms with E-state index in [1.54, 1.807) is 4.90 Å². The molecule has 24 heavy (non-hydrogen) atoms. The topological polar surface area (TPSA) is 77.1 Å². The van der Waals surface area contributed by atoms with Crippen molar-refractivity contribution >= 4 is 12.0 Å². The third-order valence-corrected chi connectivity index (χ3v) is 4.46. The zero-order valence-corrected chi connectivity index (χ0v) is 15.1. The SMILES string of the molecule is COC(=O)[C@H]1CN(C(=O)N[C@H]2CCCO[C@@H]2CC(C)C)C[C@@H](C)O1. The fourth-order valence-electron chi connectivity index (χ4n) is 3.33. The number of hydrogen-bond donors (Lipinski definition) is 1. The molecule has 0 aromatic heterocycles. The van der Waals surface area contributed by atoms with Crippen LogP contribution in [-0.4, -0.2) is 68.1 Å². The van der Waals surface area contributed by atoms with Crippen molar-refractivity contribution < 1.29 is 23.8 Å². The lowest BCUT2D eigenvalue weighted by Crippen LogP contribution is -2.58. The lowest BCUT2D eigenvalue weighted by Gasteiger charge is -2.38. The third kappa shape index (κ3) is 5.08. The minimum atomic E-state index is -0.724. The molecule has 2 rings (SSSR count). The van der Waals surface area contributed by atoms with E-state index in [4.69, 9.17) is 14.2 Å². The number of morpholine rings is 1. The first-order valence-electron chi connectivity index (χ1n) is 8.81. The van der Waals surface area contributed by atoms with Gasteiger partial charge in [-0.25, -0.2) is 9.59 Å². The van der Waals surface area contributed by atoms with E-state index in [0.717, 1.165) is 25.9 Å². The van der Waals surface area contributed by atoms with Crippen LogP contribution in [-0.2, 0) is 19.0 Å². The number of carbonyl (C=O) groups is 2. The van der Waals surface area contributed by atoms with E-state index in [0.29, 0.717) is 12.5 Å². The van der Waals surface area contributed by atoms with Gasteiger partial charge in [0.25, 0.3) is 0 Å². The van der Waals surface area contributed by atoms with Gasteiger partial charge in [0.05, 0.1) is 31.9 Å². The van der Waals surface area contributed by atoms with Crippen molar-refractivity contribution in [3.63, 3.8) is 0 Å². The summed E-state index contributed by atoms with van der Waals surface area (Å²) in [7, 11) is 1.32. The van der Waals surface area contributed by atoms with Crippen molar-refractivity contribution in [2.45, 2.75) is 64.4 Å². The summed E-state index contributed by atoms with van der Waals surface area (Å²) in [6.07, 6.45) is 1.92. The number of carbonyl (C=O) groups excluding carboxylic acids is 2. The summed E-state index contributed by atoms with van der Waals surface area (Å²) in [4.78, 5) is 26.0. The molecule has 2 aliphatic rings. The smallest absolute Gasteiger partial charge is 0.336 e. The molecule has 0 unspecified atom stereocenters. The number of rotatable bonds is 4. The molecule has 2 amide bonds. The van der Waals surface area contributed by atoms with Gasteiger partial charge in [-0.15, -0.1) is 0 Å². The zero-order valence-electron chi connectivity index (χ0n) is 15.1. The van der Waals surface area contributed by atoms with Gasteiger partial charge in [0.2, 0.25) is 0 Å². The number of nitrogens with zero attached hydrogens (tertiary/aromatic N) is 1. The predicted octanol–water partition coefficient (Wildman–Crippen LogP) is 1.55. The van der Waals surface area contributed by atoms with Crippen molar-refractivity contribution in [1.82, 2.24) is 10.2 Å². The number of ether oxygens (including phenoxy) is 3. The van der Waals surface area contributed by atoms with E-state index < -0.39 is 12.1 Å². The molecule has 0 radical (unpaired) electrons. The molecule has 7 nitrogen and oxygen atoms in total. The molecule has 0 aromatic rings. The van der Waals surface area contributed by atoms with E-state index in [1.165, 1.54) is 7.11 Å². The number of urea groups is 1. The van der Waals surface area contributed by atoms with Gasteiger partial charge >= 0.3 is 12.0 Å². The van der Waals surface area contributed by atoms with E-state index in [2.05, 4.69) is 19.2 Å². The molecule has 0 spiro atoms. The van der Waals surface area contributed by atoms with Gasteiger partial charge in [0.15, 0.2) is 6.10 Å². The molecule has 2 aliphatic heterocycles. The van der Waals surface area contributed by atoms with Crippen molar-refractivity contribution in [2.24, 2.45) is 5.92 Å². The Morgan fingerprint density at radius 2 is 2.08 bits per heavy atom. The molecule has 2 fully saturated rings. The van der Waals surface area contributed by atoms with Crippen molar-refractivity contribution in [1.29, 1.82) is 0 Å². The van der Waals surface area contributed by atoms with Crippen LogP contribution >= 0.6 is 0 Å². The monoisotopic (exact) mass is 342 g/mol. The van der Waals surface area contributed by atoms with Crippen molar-refractivity contribution in [2.75, 3.05) is 26.8 Å². The van der Waals surface area contributed by atoms with Crippen LogP contribution in [0.25, 0.3) is 0 Å². The summed E-state index contributed by atoms with van der Waals surface area (Å²) in [5.74, 6) is 0.0673. The second-order valence-electron chi connectivity index (χ2n) is 7.10. The highest BCUT2D eigenvalue weighted by atomic mass is 16.6. The van der Waals surface area contributed by atoms with Crippen LogP contribution in [0.1, 0.15) is 40.0 Å². The van der Waals surface area contributed by atoms with Crippen LogP contribution in [0.4, 0.5) is 4.79 Å². The quantitative estimate of drug-likeness (QED) is 0.785. The predicted molar refractivity (Wildman–Crippen MR) is 88.7 cm³/mol. The van der Waals surface area contributed by atoms with Crippen LogP contribution in [0.15, 0.2) is 0 Å². The molecule has 0 aliphatic carbocycles. The standard InChI is InChI=1S/C17H30N2O5/c1-11(2)8-14-13(6-5-7-23-14)18-17(21)19-9-12(3)24-15(10-19)16(20)22-4/h11-15H,5-10H2,1-4H3,(H,18,21)/t12-,13+,14-,15-/m1/s1. The molecule has 1 N–H and O–H groups in total. The first-order valence-corrected chi connectivity index (χ1v) is 8.81. The highest BCUT2D eigenvalue weighted by molar-refractivity contribution is 5.78. The summed E-state index contributed by atoms with van der Waals surface area (Å²) in [5.41, 5.74) is 0.